The minimum absolute atomic E-state index is 0.281. The van der Waals surface area contributed by atoms with Gasteiger partial charge in [-0.3, -0.25) is 4.79 Å². The number of nitrogens with zero attached hydrogens (tertiary/aromatic N) is 1. The van der Waals surface area contributed by atoms with E-state index in [1.165, 1.54) is 22.7 Å². The van der Waals surface area contributed by atoms with E-state index in [1.807, 2.05) is 6.20 Å². The Morgan fingerprint density at radius 1 is 1.80 bits per heavy atom. The molecule has 0 aliphatic heterocycles. The third-order valence-electron chi connectivity index (χ3n) is 2.51. The molecule has 5 heteroatoms. The fourth-order valence-corrected chi connectivity index (χ4v) is 2.31. The van der Waals surface area contributed by atoms with Crippen molar-refractivity contribution in [3.8, 4) is 0 Å². The van der Waals surface area contributed by atoms with Gasteiger partial charge in [0.05, 0.1) is 11.0 Å². The summed E-state index contributed by atoms with van der Waals surface area (Å²) in [5.41, 5.74) is 5.15. The molecule has 1 fully saturated rings. The maximum absolute atomic E-state index is 10.8. The highest BCUT2D eigenvalue weighted by atomic mass is 32.1. The molecule has 1 atom stereocenters. The smallest absolute Gasteiger partial charge is 0.234 e. The monoisotopic (exact) mass is 225 g/mol. The first-order valence-electron chi connectivity index (χ1n) is 5.14. The first-order valence-corrected chi connectivity index (χ1v) is 5.96. The number of primary amides is 1. The molecule has 15 heavy (non-hydrogen) atoms. The third-order valence-corrected chi connectivity index (χ3v) is 3.67. The van der Waals surface area contributed by atoms with Crippen LogP contribution in [0.4, 0.5) is 0 Å². The Balaban J connectivity index is 1.85. The number of hydrogen-bond acceptors (Lipinski definition) is 4. The van der Waals surface area contributed by atoms with E-state index in [1.54, 1.807) is 18.3 Å². The van der Waals surface area contributed by atoms with Crippen molar-refractivity contribution in [2.75, 3.05) is 0 Å². The molecule has 1 aromatic heterocycles. The lowest BCUT2D eigenvalue weighted by Crippen LogP contribution is -2.38. The molecule has 0 aromatic carbocycles. The van der Waals surface area contributed by atoms with Gasteiger partial charge in [0.25, 0.3) is 0 Å². The van der Waals surface area contributed by atoms with Crippen LogP contribution in [-0.2, 0) is 11.3 Å². The molecule has 1 amide bonds. The molecule has 2 rings (SSSR count). The molecule has 0 radical (unpaired) electrons. The number of nitrogens with two attached hydrogens (primary N) is 1. The number of carbonyl (C=O) groups is 1. The summed E-state index contributed by atoms with van der Waals surface area (Å²) in [5.74, 6) is 0.388. The summed E-state index contributed by atoms with van der Waals surface area (Å²) in [7, 11) is 0. The van der Waals surface area contributed by atoms with Crippen molar-refractivity contribution in [1.29, 1.82) is 0 Å². The summed E-state index contributed by atoms with van der Waals surface area (Å²) in [6.45, 7) is 2.44. The Bertz CT molecular complexity index is 359. The molecule has 1 aliphatic rings. The van der Waals surface area contributed by atoms with Gasteiger partial charge in [0.15, 0.2) is 0 Å². The number of nitrogens with one attached hydrogen (secondary N) is 1. The first-order chi connectivity index (χ1) is 7.16. The Morgan fingerprint density at radius 3 is 3.13 bits per heavy atom. The molecular formula is C10H15N3OS. The van der Waals surface area contributed by atoms with Gasteiger partial charge in [-0.2, -0.15) is 0 Å². The van der Waals surface area contributed by atoms with Gasteiger partial charge < -0.3 is 11.1 Å². The summed E-state index contributed by atoms with van der Waals surface area (Å²) in [5, 5.41) is 4.30. The Kier molecular flexibility index (Phi) is 3.02. The Labute approximate surface area is 92.9 Å². The predicted octanol–water partition coefficient (Wildman–Crippen LogP) is 0.984. The van der Waals surface area contributed by atoms with Crippen LogP contribution < -0.4 is 11.1 Å². The van der Waals surface area contributed by atoms with Crippen LogP contribution in [0, 0.1) is 0 Å². The zero-order valence-corrected chi connectivity index (χ0v) is 9.51. The summed E-state index contributed by atoms with van der Waals surface area (Å²) in [6.07, 6.45) is 4.44. The fraction of sp³-hybridized carbons (Fsp3) is 0.600. The molecule has 82 valence electrons. The Hall–Kier alpha value is -0.940. The van der Waals surface area contributed by atoms with Crippen LogP contribution in [0.2, 0.25) is 0 Å². The van der Waals surface area contributed by atoms with E-state index in [-0.39, 0.29) is 11.9 Å². The maximum atomic E-state index is 10.8. The zero-order chi connectivity index (χ0) is 10.8. The van der Waals surface area contributed by atoms with Gasteiger partial charge >= 0.3 is 0 Å². The topological polar surface area (TPSA) is 68.0 Å². The molecule has 1 saturated carbocycles. The van der Waals surface area contributed by atoms with Crippen molar-refractivity contribution in [2.45, 2.75) is 38.3 Å². The van der Waals surface area contributed by atoms with Gasteiger partial charge in [-0.25, -0.2) is 4.98 Å². The minimum Gasteiger partial charge on any atom is -0.368 e. The molecule has 1 aliphatic carbocycles. The lowest BCUT2D eigenvalue weighted by Gasteiger charge is -2.07. The standard InChI is InChI=1S/C10H15N3OS/c1-6(9(11)14)12-4-8-5-13-10(15-8)7-2-3-7/h5-7,12H,2-4H2,1H3,(H2,11,14). The van der Waals surface area contributed by atoms with Crippen molar-refractivity contribution < 1.29 is 4.79 Å². The molecule has 0 saturated heterocycles. The van der Waals surface area contributed by atoms with Crippen LogP contribution >= 0.6 is 11.3 Å². The molecule has 0 bridgehead atoms. The average Bonchev–Trinajstić information content (AvgIpc) is 2.95. The van der Waals surface area contributed by atoms with Crippen LogP contribution in [0.25, 0.3) is 0 Å². The second kappa shape index (κ2) is 4.28. The number of carbonyl (C=O) groups excluding carboxylic acids is 1. The summed E-state index contributed by atoms with van der Waals surface area (Å²) >= 11 is 1.73. The van der Waals surface area contributed by atoms with E-state index in [4.69, 9.17) is 5.73 Å². The highest BCUT2D eigenvalue weighted by Crippen LogP contribution is 2.41. The molecule has 4 nitrogen and oxygen atoms in total. The third kappa shape index (κ3) is 2.76. The van der Waals surface area contributed by atoms with Crippen LogP contribution in [-0.4, -0.2) is 16.9 Å². The van der Waals surface area contributed by atoms with E-state index in [2.05, 4.69) is 10.3 Å². The van der Waals surface area contributed by atoms with Crippen LogP contribution in [0.3, 0.4) is 0 Å². The summed E-state index contributed by atoms with van der Waals surface area (Å²) in [6, 6.07) is -0.281. The first kappa shape index (κ1) is 10.6. The van der Waals surface area contributed by atoms with Crippen molar-refractivity contribution in [3.05, 3.63) is 16.1 Å². The zero-order valence-electron chi connectivity index (χ0n) is 8.69. The van der Waals surface area contributed by atoms with Crippen LogP contribution in [0.15, 0.2) is 6.20 Å². The van der Waals surface area contributed by atoms with E-state index in [0.717, 1.165) is 0 Å². The van der Waals surface area contributed by atoms with Gasteiger partial charge in [-0.1, -0.05) is 0 Å². The van der Waals surface area contributed by atoms with Crippen molar-refractivity contribution in [2.24, 2.45) is 5.73 Å². The molecule has 0 spiro atoms. The van der Waals surface area contributed by atoms with Crippen molar-refractivity contribution in [1.82, 2.24) is 10.3 Å². The number of aromatic nitrogens is 1. The van der Waals surface area contributed by atoms with Gasteiger partial charge in [-0.15, -0.1) is 11.3 Å². The molecule has 1 unspecified atom stereocenters. The van der Waals surface area contributed by atoms with Gasteiger partial charge in [0, 0.05) is 23.5 Å². The average molecular weight is 225 g/mol. The highest BCUT2D eigenvalue weighted by Gasteiger charge is 2.26. The van der Waals surface area contributed by atoms with Crippen molar-refractivity contribution >= 4 is 17.2 Å². The highest BCUT2D eigenvalue weighted by molar-refractivity contribution is 7.11. The lowest BCUT2D eigenvalue weighted by atomic mass is 10.3. The predicted molar refractivity (Wildman–Crippen MR) is 59.6 cm³/mol. The maximum Gasteiger partial charge on any atom is 0.234 e. The largest absolute Gasteiger partial charge is 0.368 e. The molecule has 1 heterocycles. The van der Waals surface area contributed by atoms with E-state index in [0.29, 0.717) is 12.5 Å². The lowest BCUT2D eigenvalue weighted by molar-refractivity contribution is -0.119. The van der Waals surface area contributed by atoms with Gasteiger partial charge in [0.2, 0.25) is 5.91 Å². The number of rotatable bonds is 5. The van der Waals surface area contributed by atoms with Crippen LogP contribution in [0.1, 0.15) is 35.6 Å². The van der Waals surface area contributed by atoms with Gasteiger partial charge in [0.1, 0.15) is 0 Å². The van der Waals surface area contributed by atoms with E-state index in [9.17, 15) is 4.79 Å². The molecule has 1 aromatic rings. The second-order valence-electron chi connectivity index (χ2n) is 3.94. The summed E-state index contributed by atoms with van der Waals surface area (Å²) in [4.78, 5) is 16.3. The molecular weight excluding hydrogens is 210 g/mol. The van der Waals surface area contributed by atoms with Crippen LogP contribution in [0.5, 0.6) is 0 Å². The number of amides is 1. The Morgan fingerprint density at radius 2 is 2.53 bits per heavy atom. The van der Waals surface area contributed by atoms with E-state index < -0.39 is 0 Å². The van der Waals surface area contributed by atoms with E-state index >= 15 is 0 Å². The fourth-order valence-electron chi connectivity index (χ4n) is 1.28. The molecule has 3 N–H and O–H groups in total. The minimum atomic E-state index is -0.318. The number of thiazole rings is 1. The summed E-state index contributed by atoms with van der Waals surface area (Å²) < 4.78 is 0. The normalized spacial score (nSPS) is 17.7. The van der Waals surface area contributed by atoms with Crippen molar-refractivity contribution in [3.63, 3.8) is 0 Å². The number of hydrogen-bond donors (Lipinski definition) is 2. The quantitative estimate of drug-likeness (QED) is 0.785. The van der Waals surface area contributed by atoms with Gasteiger partial charge in [-0.05, 0) is 19.8 Å². The SMILES string of the molecule is CC(NCc1cnc(C2CC2)s1)C(N)=O. The second-order valence-corrected chi connectivity index (χ2v) is 5.09.